The molecule has 2 amide bonds. The van der Waals surface area contributed by atoms with Crippen molar-refractivity contribution in [2.75, 3.05) is 30.8 Å². The molecule has 4 heterocycles. The van der Waals surface area contributed by atoms with Gasteiger partial charge in [0.15, 0.2) is 5.66 Å². The minimum Gasteiger partial charge on any atom is -0.490 e. The Morgan fingerprint density at radius 3 is 2.63 bits per heavy atom. The van der Waals surface area contributed by atoms with E-state index in [9.17, 15) is 18.0 Å². The second-order valence-corrected chi connectivity index (χ2v) is 12.9. The van der Waals surface area contributed by atoms with Crippen LogP contribution in [-0.2, 0) is 12.6 Å². The van der Waals surface area contributed by atoms with E-state index in [1.807, 2.05) is 20.0 Å². The lowest BCUT2D eigenvalue weighted by Gasteiger charge is -2.36. The molecule has 0 radical (unpaired) electrons. The van der Waals surface area contributed by atoms with Crippen LogP contribution in [0, 0.1) is 0 Å². The molecule has 5 aliphatic rings. The van der Waals surface area contributed by atoms with E-state index in [-0.39, 0.29) is 23.6 Å². The van der Waals surface area contributed by atoms with Gasteiger partial charge in [0.05, 0.1) is 17.6 Å². The third kappa shape index (κ3) is 5.50. The van der Waals surface area contributed by atoms with Crippen molar-refractivity contribution < 1.29 is 27.4 Å². The fourth-order valence-electron chi connectivity index (χ4n) is 6.91. The molecule has 0 aromatic heterocycles. The summed E-state index contributed by atoms with van der Waals surface area (Å²) in [5, 5.41) is 8.39. The Morgan fingerprint density at radius 1 is 1.15 bits per heavy atom. The van der Waals surface area contributed by atoms with Gasteiger partial charge in [0, 0.05) is 54.1 Å². The van der Waals surface area contributed by atoms with Gasteiger partial charge in [-0.3, -0.25) is 0 Å². The molecule has 2 aromatic carbocycles. The molecule has 2 aromatic rings. The molecule has 10 nitrogen and oxygen atoms in total. The Bertz CT molecular complexity index is 1660. The number of nitrogens with one attached hydrogen (secondary N) is 3. The van der Waals surface area contributed by atoms with Crippen molar-refractivity contribution in [2.24, 2.45) is 10.7 Å². The number of carbonyl (C=O) groups is 1. The summed E-state index contributed by atoms with van der Waals surface area (Å²) in [6, 6.07) is 6.96. The number of hydrogen-bond donors (Lipinski definition) is 4. The number of anilines is 2. The van der Waals surface area contributed by atoms with Gasteiger partial charge in [-0.05, 0) is 76.4 Å². The summed E-state index contributed by atoms with van der Waals surface area (Å²) < 4.78 is 54.1. The SMILES string of the molecule is CC1Cc2c(C3=CN(C4CC4)C4(C)N=CNC(N)=C34)ccc(NC(=O)Nc3ccc(OC4CCN(C)CC4)c(C(F)(F)F)c3)c2O1. The Labute approximate surface area is 265 Å². The van der Waals surface area contributed by atoms with Crippen molar-refractivity contribution in [1.29, 1.82) is 0 Å². The molecular weight excluding hydrogens is 599 g/mol. The number of nitrogens with two attached hydrogens (primary N) is 1. The lowest BCUT2D eigenvalue weighted by molar-refractivity contribution is -0.139. The average Bonchev–Trinajstić information content (AvgIpc) is 3.67. The lowest BCUT2D eigenvalue weighted by Crippen LogP contribution is -2.46. The highest BCUT2D eigenvalue weighted by molar-refractivity contribution is 6.01. The van der Waals surface area contributed by atoms with Crippen LogP contribution in [0.5, 0.6) is 11.5 Å². The topological polar surface area (TPSA) is 116 Å². The van der Waals surface area contributed by atoms with E-state index >= 15 is 0 Å². The molecule has 1 saturated heterocycles. The maximum absolute atomic E-state index is 14.0. The predicted molar refractivity (Wildman–Crippen MR) is 170 cm³/mol. The van der Waals surface area contributed by atoms with Crippen LogP contribution >= 0.6 is 0 Å². The van der Waals surface area contributed by atoms with Crippen LogP contribution in [0.1, 0.15) is 56.2 Å². The van der Waals surface area contributed by atoms with E-state index in [4.69, 9.17) is 20.2 Å². The van der Waals surface area contributed by atoms with Crippen molar-refractivity contribution in [2.45, 2.75) is 76.0 Å². The van der Waals surface area contributed by atoms with Gasteiger partial charge in [-0.1, -0.05) is 6.07 Å². The standard InChI is InChI=1S/C33H38F3N7O3/c1-18-14-23-22(24-16-43(20-5-6-20)32(2)28(24)30(37)38-17-39-32)7-8-26(29(23)45-18)41-31(44)40-19-4-9-27(25(15-19)33(34,35)36)46-21-10-12-42(3)13-11-21/h4,7-9,15-18,20-21H,5-6,10-14,37H2,1-3H3,(H,38,39)(H2,40,41,44). The third-order valence-corrected chi connectivity index (χ3v) is 9.37. The number of piperidine rings is 1. The number of halogens is 3. The highest BCUT2D eigenvalue weighted by atomic mass is 19.4. The summed E-state index contributed by atoms with van der Waals surface area (Å²) in [7, 11) is 1.97. The number of fused-ring (bicyclic) bond motifs is 2. The molecule has 2 unspecified atom stereocenters. The number of alkyl halides is 3. The van der Waals surface area contributed by atoms with Crippen LogP contribution in [0.3, 0.4) is 0 Å². The first kappa shape index (κ1) is 30.3. The summed E-state index contributed by atoms with van der Waals surface area (Å²) in [6.45, 7) is 5.52. The molecule has 46 heavy (non-hydrogen) atoms. The zero-order chi connectivity index (χ0) is 32.4. The molecule has 4 aliphatic heterocycles. The highest BCUT2D eigenvalue weighted by Crippen LogP contribution is 2.52. The molecule has 244 valence electrons. The smallest absolute Gasteiger partial charge is 0.420 e. The summed E-state index contributed by atoms with van der Waals surface area (Å²) in [6.07, 6.45) is 2.73. The van der Waals surface area contributed by atoms with Gasteiger partial charge in [-0.25, -0.2) is 9.79 Å². The quantitative estimate of drug-likeness (QED) is 0.332. The first-order valence-corrected chi connectivity index (χ1v) is 15.7. The van der Waals surface area contributed by atoms with Gasteiger partial charge in [-0.2, -0.15) is 13.2 Å². The van der Waals surface area contributed by atoms with Gasteiger partial charge in [0.1, 0.15) is 29.5 Å². The minimum atomic E-state index is -4.66. The molecule has 1 aliphatic carbocycles. The molecule has 2 fully saturated rings. The summed E-state index contributed by atoms with van der Waals surface area (Å²) in [5.74, 6) is 0.822. The van der Waals surface area contributed by atoms with Gasteiger partial charge < -0.3 is 41.0 Å². The molecule has 1 saturated carbocycles. The van der Waals surface area contributed by atoms with Crippen molar-refractivity contribution in [3.63, 3.8) is 0 Å². The highest BCUT2D eigenvalue weighted by Gasteiger charge is 2.50. The number of hydrogen-bond acceptors (Lipinski definition) is 8. The van der Waals surface area contributed by atoms with Crippen LogP contribution in [0.2, 0.25) is 0 Å². The lowest BCUT2D eigenvalue weighted by atomic mass is 9.88. The van der Waals surface area contributed by atoms with Crippen LogP contribution < -0.4 is 31.2 Å². The van der Waals surface area contributed by atoms with Crippen molar-refractivity contribution >= 4 is 29.3 Å². The average molecular weight is 638 g/mol. The number of nitrogens with zero attached hydrogens (tertiary/aromatic N) is 3. The van der Waals surface area contributed by atoms with E-state index in [0.717, 1.165) is 54.3 Å². The predicted octanol–water partition coefficient (Wildman–Crippen LogP) is 5.48. The first-order valence-electron chi connectivity index (χ1n) is 15.7. The van der Waals surface area contributed by atoms with Gasteiger partial charge >= 0.3 is 12.2 Å². The molecule has 13 heteroatoms. The number of benzene rings is 2. The van der Waals surface area contributed by atoms with Crippen molar-refractivity contribution in [3.05, 3.63) is 64.6 Å². The molecular formula is C33H38F3N7O3. The van der Waals surface area contributed by atoms with Gasteiger partial charge in [0.2, 0.25) is 0 Å². The first-order chi connectivity index (χ1) is 21.9. The third-order valence-electron chi connectivity index (χ3n) is 9.37. The number of amides is 2. The van der Waals surface area contributed by atoms with E-state index < -0.39 is 23.4 Å². The van der Waals surface area contributed by atoms with E-state index in [1.165, 1.54) is 12.1 Å². The number of ether oxygens (including phenoxy) is 2. The Morgan fingerprint density at radius 2 is 1.91 bits per heavy atom. The minimum absolute atomic E-state index is 0.00793. The molecule has 5 N–H and O–H groups in total. The molecule has 7 rings (SSSR count). The van der Waals surface area contributed by atoms with Gasteiger partial charge in [-0.15, -0.1) is 0 Å². The maximum atomic E-state index is 14.0. The Balaban J connectivity index is 1.13. The zero-order valence-electron chi connectivity index (χ0n) is 26.0. The number of rotatable bonds is 6. The summed E-state index contributed by atoms with van der Waals surface area (Å²) >= 11 is 0. The zero-order valence-corrected chi connectivity index (χ0v) is 26.0. The normalized spacial score (nSPS) is 24.6. The number of likely N-dealkylation sites (tertiary alicyclic amines) is 1. The van der Waals surface area contributed by atoms with Crippen LogP contribution in [0.4, 0.5) is 29.3 Å². The Hall–Kier alpha value is -4.39. The summed E-state index contributed by atoms with van der Waals surface area (Å²) in [4.78, 5) is 22.3. The largest absolute Gasteiger partial charge is 0.490 e. The molecule has 0 spiro atoms. The Kier molecular flexibility index (Phi) is 7.33. The maximum Gasteiger partial charge on any atom is 0.420 e. The van der Waals surface area contributed by atoms with Gasteiger partial charge in [0.25, 0.3) is 0 Å². The fourth-order valence-corrected chi connectivity index (χ4v) is 6.91. The van der Waals surface area contributed by atoms with E-state index in [2.05, 4.69) is 38.9 Å². The van der Waals surface area contributed by atoms with Crippen molar-refractivity contribution in [3.8, 4) is 11.5 Å². The number of aliphatic imine (C=N–C) groups is 1. The molecule has 0 bridgehead atoms. The van der Waals surface area contributed by atoms with Crippen molar-refractivity contribution in [1.82, 2.24) is 15.1 Å². The van der Waals surface area contributed by atoms with Crippen LogP contribution in [0.25, 0.3) is 5.57 Å². The van der Waals surface area contributed by atoms with E-state index in [0.29, 0.717) is 42.6 Å². The second kappa shape index (κ2) is 11.1. The fraction of sp³-hybridized carbons (Fsp3) is 0.455. The summed E-state index contributed by atoms with van der Waals surface area (Å²) in [5.41, 5.74) is 9.04. The second-order valence-electron chi connectivity index (χ2n) is 12.9. The monoisotopic (exact) mass is 637 g/mol. The number of carbonyl (C=O) groups excluding carboxylic acids is 1. The van der Waals surface area contributed by atoms with E-state index in [1.54, 1.807) is 12.4 Å². The van der Waals surface area contributed by atoms with Crippen LogP contribution in [0.15, 0.2) is 52.9 Å². The molecule has 2 atom stereocenters. The number of urea groups is 1. The van der Waals surface area contributed by atoms with Crippen LogP contribution in [-0.4, -0.2) is 66.2 Å².